The van der Waals surface area contributed by atoms with Crippen molar-refractivity contribution in [2.45, 2.75) is 39.2 Å². The zero-order chi connectivity index (χ0) is 21.6. The van der Waals surface area contributed by atoms with Gasteiger partial charge in [-0.2, -0.15) is 0 Å². The van der Waals surface area contributed by atoms with Gasteiger partial charge in [-0.3, -0.25) is 9.89 Å². The van der Waals surface area contributed by atoms with Crippen LogP contribution in [0.4, 0.5) is 0 Å². The summed E-state index contributed by atoms with van der Waals surface area (Å²) in [6.07, 6.45) is 5.35. The Balaban J connectivity index is 1.56. The van der Waals surface area contributed by atoms with E-state index in [-0.39, 0.29) is 0 Å². The van der Waals surface area contributed by atoms with Gasteiger partial charge in [-0.05, 0) is 24.3 Å². The second kappa shape index (κ2) is 10.2. The fourth-order valence-electron chi connectivity index (χ4n) is 4.68. The first-order valence-electron chi connectivity index (χ1n) is 11.0. The summed E-state index contributed by atoms with van der Waals surface area (Å²) in [6, 6.07) is 4.01. The van der Waals surface area contributed by atoms with Crippen LogP contribution in [0.3, 0.4) is 0 Å². The van der Waals surface area contributed by atoms with Crippen molar-refractivity contribution in [1.29, 1.82) is 0 Å². The summed E-state index contributed by atoms with van der Waals surface area (Å²) in [5.74, 6) is 3.13. The molecule has 0 bridgehead atoms. The van der Waals surface area contributed by atoms with Crippen molar-refractivity contribution in [2.24, 2.45) is 10.4 Å². The number of hydrogen-bond acceptors (Lipinski definition) is 5. The van der Waals surface area contributed by atoms with Gasteiger partial charge in [0.25, 0.3) is 0 Å². The smallest absolute Gasteiger partial charge is 0.203 e. The van der Waals surface area contributed by atoms with Gasteiger partial charge in [-0.15, -0.1) is 0 Å². The zero-order valence-electron chi connectivity index (χ0n) is 19.3. The Morgan fingerprint density at radius 3 is 2.23 bits per heavy atom. The van der Waals surface area contributed by atoms with Gasteiger partial charge in [0.1, 0.15) is 0 Å². The molecule has 0 amide bonds. The predicted molar refractivity (Wildman–Crippen MR) is 121 cm³/mol. The normalized spacial score (nSPS) is 19.6. The number of ether oxygens (including phenoxy) is 3. The van der Waals surface area contributed by atoms with Gasteiger partial charge in [0, 0.05) is 51.9 Å². The van der Waals surface area contributed by atoms with Crippen LogP contribution in [0, 0.1) is 5.41 Å². The van der Waals surface area contributed by atoms with Gasteiger partial charge >= 0.3 is 0 Å². The summed E-state index contributed by atoms with van der Waals surface area (Å²) in [5.41, 5.74) is 1.53. The highest BCUT2D eigenvalue weighted by Gasteiger charge is 2.29. The van der Waals surface area contributed by atoms with Crippen LogP contribution in [0.1, 0.15) is 38.2 Å². The Morgan fingerprint density at radius 1 is 1.00 bits per heavy atom. The third-order valence-corrected chi connectivity index (χ3v) is 6.55. The summed E-state index contributed by atoms with van der Waals surface area (Å²) in [6.45, 7) is 8.13. The lowest BCUT2D eigenvalue weighted by Crippen LogP contribution is -2.53. The van der Waals surface area contributed by atoms with Gasteiger partial charge in [-0.1, -0.05) is 25.8 Å². The lowest BCUT2D eigenvalue weighted by Gasteiger charge is -2.37. The SMILES string of the molecule is CN=C(NCC1(C)CCCC1)N1CCN(Cc2ccc(OC)c(OC)c2OC)CC1. The Bertz CT molecular complexity index is 723. The maximum atomic E-state index is 5.65. The second-order valence-electron chi connectivity index (χ2n) is 8.68. The molecule has 2 aliphatic rings. The third-order valence-electron chi connectivity index (χ3n) is 6.55. The molecule has 0 spiro atoms. The van der Waals surface area contributed by atoms with E-state index in [1.54, 1.807) is 21.3 Å². The fraction of sp³-hybridized carbons (Fsp3) is 0.696. The molecule has 1 saturated heterocycles. The minimum atomic E-state index is 0.418. The van der Waals surface area contributed by atoms with E-state index in [1.165, 1.54) is 25.7 Å². The first-order chi connectivity index (χ1) is 14.5. The monoisotopic (exact) mass is 418 g/mol. The number of rotatable bonds is 7. The van der Waals surface area contributed by atoms with Gasteiger partial charge in [-0.25, -0.2) is 0 Å². The number of piperazine rings is 1. The van der Waals surface area contributed by atoms with E-state index in [0.29, 0.717) is 16.9 Å². The molecule has 2 fully saturated rings. The molecule has 1 N–H and O–H groups in total. The molecule has 1 aromatic carbocycles. The summed E-state index contributed by atoms with van der Waals surface area (Å²) in [4.78, 5) is 9.37. The molecule has 0 radical (unpaired) electrons. The van der Waals surface area contributed by atoms with Crippen LogP contribution in [0.25, 0.3) is 0 Å². The van der Waals surface area contributed by atoms with E-state index in [2.05, 4.69) is 33.1 Å². The molecule has 1 aliphatic carbocycles. The minimum absolute atomic E-state index is 0.418. The zero-order valence-corrected chi connectivity index (χ0v) is 19.3. The Labute approximate surface area is 181 Å². The van der Waals surface area contributed by atoms with Crippen molar-refractivity contribution in [3.8, 4) is 17.2 Å². The number of methoxy groups -OCH3 is 3. The molecule has 7 heteroatoms. The molecule has 168 valence electrons. The van der Waals surface area contributed by atoms with E-state index >= 15 is 0 Å². The minimum Gasteiger partial charge on any atom is -0.493 e. The molecule has 30 heavy (non-hydrogen) atoms. The second-order valence-corrected chi connectivity index (χ2v) is 8.68. The molecule has 0 aromatic heterocycles. The van der Waals surface area contributed by atoms with Crippen LogP contribution >= 0.6 is 0 Å². The van der Waals surface area contributed by atoms with Crippen LogP contribution in [-0.4, -0.2) is 76.9 Å². The molecular weight excluding hydrogens is 380 g/mol. The maximum Gasteiger partial charge on any atom is 0.203 e. The fourth-order valence-corrected chi connectivity index (χ4v) is 4.68. The molecule has 1 heterocycles. The van der Waals surface area contributed by atoms with Crippen molar-refractivity contribution in [2.75, 3.05) is 61.1 Å². The summed E-state index contributed by atoms with van der Waals surface area (Å²) < 4.78 is 16.6. The van der Waals surface area contributed by atoms with E-state index in [0.717, 1.165) is 56.5 Å². The lowest BCUT2D eigenvalue weighted by atomic mass is 9.89. The molecule has 0 unspecified atom stereocenters. The van der Waals surface area contributed by atoms with Crippen molar-refractivity contribution in [3.63, 3.8) is 0 Å². The average Bonchev–Trinajstić information content (AvgIpc) is 3.21. The van der Waals surface area contributed by atoms with Gasteiger partial charge in [0.05, 0.1) is 21.3 Å². The van der Waals surface area contributed by atoms with Crippen LogP contribution < -0.4 is 19.5 Å². The van der Waals surface area contributed by atoms with E-state index < -0.39 is 0 Å². The first-order valence-corrected chi connectivity index (χ1v) is 11.0. The predicted octanol–water partition coefficient (Wildman–Crippen LogP) is 2.99. The summed E-state index contributed by atoms with van der Waals surface area (Å²) in [5, 5.41) is 3.64. The quantitative estimate of drug-likeness (QED) is 0.543. The molecule has 0 atom stereocenters. The topological polar surface area (TPSA) is 58.6 Å². The van der Waals surface area contributed by atoms with Gasteiger partial charge < -0.3 is 24.4 Å². The summed E-state index contributed by atoms with van der Waals surface area (Å²) in [7, 11) is 6.86. The van der Waals surface area contributed by atoms with E-state index in [4.69, 9.17) is 14.2 Å². The third kappa shape index (κ3) is 5.12. The van der Waals surface area contributed by atoms with Crippen LogP contribution in [0.15, 0.2) is 17.1 Å². The maximum absolute atomic E-state index is 5.65. The van der Waals surface area contributed by atoms with E-state index in [9.17, 15) is 0 Å². The number of guanidine groups is 1. The average molecular weight is 419 g/mol. The van der Waals surface area contributed by atoms with Crippen molar-refractivity contribution in [1.82, 2.24) is 15.1 Å². The first kappa shape index (κ1) is 22.5. The van der Waals surface area contributed by atoms with Gasteiger partial charge in [0.15, 0.2) is 17.5 Å². The Morgan fingerprint density at radius 2 is 1.67 bits per heavy atom. The number of nitrogens with zero attached hydrogens (tertiary/aromatic N) is 3. The highest BCUT2D eigenvalue weighted by atomic mass is 16.5. The number of nitrogens with one attached hydrogen (secondary N) is 1. The van der Waals surface area contributed by atoms with Crippen molar-refractivity contribution >= 4 is 5.96 Å². The molecule has 1 aliphatic heterocycles. The largest absolute Gasteiger partial charge is 0.493 e. The Hall–Kier alpha value is -2.15. The summed E-state index contributed by atoms with van der Waals surface area (Å²) >= 11 is 0. The van der Waals surface area contributed by atoms with E-state index in [1.807, 2.05) is 13.1 Å². The molecule has 3 rings (SSSR count). The van der Waals surface area contributed by atoms with Crippen LogP contribution in [0.5, 0.6) is 17.2 Å². The number of benzene rings is 1. The molecular formula is C23H38N4O3. The highest BCUT2D eigenvalue weighted by molar-refractivity contribution is 5.80. The number of aliphatic imine (C=N–C) groups is 1. The van der Waals surface area contributed by atoms with Crippen molar-refractivity contribution < 1.29 is 14.2 Å². The highest BCUT2D eigenvalue weighted by Crippen LogP contribution is 2.40. The number of hydrogen-bond donors (Lipinski definition) is 1. The Kier molecular flexibility index (Phi) is 7.69. The molecule has 1 saturated carbocycles. The van der Waals surface area contributed by atoms with Gasteiger partial charge in [0.2, 0.25) is 5.75 Å². The van der Waals surface area contributed by atoms with Crippen LogP contribution in [-0.2, 0) is 6.54 Å². The lowest BCUT2D eigenvalue weighted by molar-refractivity contribution is 0.169. The van der Waals surface area contributed by atoms with Crippen LogP contribution in [0.2, 0.25) is 0 Å². The standard InChI is InChI=1S/C23H38N4O3/c1-23(10-6-7-11-23)17-25-22(24-2)27-14-12-26(13-15-27)16-18-8-9-19(28-3)21(30-5)20(18)29-4/h8-9H,6-7,10-17H2,1-5H3,(H,24,25). The molecule has 1 aromatic rings. The van der Waals surface area contributed by atoms with Crippen molar-refractivity contribution in [3.05, 3.63) is 17.7 Å². The molecule has 7 nitrogen and oxygen atoms in total.